The van der Waals surface area contributed by atoms with Gasteiger partial charge in [0.25, 0.3) is 11.6 Å². The standard InChI is InChI=1S/C25H18N6O2S2/c1-14-3-9-18(10-4-14)20-11-19(21-15(2)31-33-23(21)27-20)22(32)28-24-29-30-25(35-24)34-13-17-7-5-16(12-26)6-8-17/h3-11H,13H2,1-2H3,(H,28,29,32). The highest BCUT2D eigenvalue weighted by Crippen LogP contribution is 2.31. The van der Waals surface area contributed by atoms with E-state index >= 15 is 0 Å². The van der Waals surface area contributed by atoms with Gasteiger partial charge in [0.1, 0.15) is 0 Å². The molecule has 0 bridgehead atoms. The molecule has 0 saturated heterocycles. The first kappa shape index (κ1) is 22.7. The lowest BCUT2D eigenvalue weighted by Crippen LogP contribution is -2.13. The Hall–Kier alpha value is -4.07. The summed E-state index contributed by atoms with van der Waals surface area (Å²) < 4.78 is 6.11. The van der Waals surface area contributed by atoms with E-state index in [1.807, 2.05) is 43.3 Å². The molecule has 0 atom stereocenters. The SMILES string of the molecule is Cc1ccc(-c2cc(C(=O)Nc3nnc(SCc4ccc(C#N)cc4)s3)c3c(C)noc3n2)cc1. The lowest BCUT2D eigenvalue weighted by Gasteiger charge is -2.07. The van der Waals surface area contributed by atoms with Gasteiger partial charge in [0.15, 0.2) is 4.34 Å². The maximum Gasteiger partial charge on any atom is 0.259 e. The molecule has 35 heavy (non-hydrogen) atoms. The molecule has 172 valence electrons. The van der Waals surface area contributed by atoms with Crippen molar-refractivity contribution in [2.75, 3.05) is 5.32 Å². The number of benzene rings is 2. The van der Waals surface area contributed by atoms with Gasteiger partial charge in [-0.1, -0.05) is 70.2 Å². The summed E-state index contributed by atoms with van der Waals surface area (Å²) in [5.74, 6) is 0.343. The lowest BCUT2D eigenvalue weighted by atomic mass is 10.0. The molecule has 0 unspecified atom stereocenters. The minimum atomic E-state index is -0.336. The molecule has 0 spiro atoms. The van der Waals surface area contributed by atoms with Gasteiger partial charge in [-0.25, -0.2) is 4.98 Å². The van der Waals surface area contributed by atoms with Gasteiger partial charge in [0.2, 0.25) is 5.13 Å². The summed E-state index contributed by atoms with van der Waals surface area (Å²) in [6.07, 6.45) is 0. The molecule has 1 N–H and O–H groups in total. The number of nitrogens with one attached hydrogen (secondary N) is 1. The van der Waals surface area contributed by atoms with Gasteiger partial charge in [-0.05, 0) is 37.6 Å². The maximum atomic E-state index is 13.3. The Kier molecular flexibility index (Phi) is 6.27. The van der Waals surface area contributed by atoms with E-state index in [4.69, 9.17) is 9.78 Å². The number of nitrogens with zero attached hydrogens (tertiary/aromatic N) is 5. The van der Waals surface area contributed by atoms with Crippen LogP contribution in [0.2, 0.25) is 0 Å². The molecular formula is C25H18N6O2S2. The van der Waals surface area contributed by atoms with Crippen molar-refractivity contribution in [1.82, 2.24) is 20.3 Å². The minimum Gasteiger partial charge on any atom is -0.335 e. The van der Waals surface area contributed by atoms with E-state index in [9.17, 15) is 4.79 Å². The molecule has 5 aromatic rings. The van der Waals surface area contributed by atoms with Crippen LogP contribution in [0.4, 0.5) is 5.13 Å². The van der Waals surface area contributed by atoms with Crippen LogP contribution in [0.3, 0.4) is 0 Å². The molecule has 10 heteroatoms. The van der Waals surface area contributed by atoms with Crippen molar-refractivity contribution in [3.05, 3.63) is 82.5 Å². The quantitative estimate of drug-likeness (QED) is 0.231. The summed E-state index contributed by atoms with van der Waals surface area (Å²) in [6.45, 7) is 3.79. The number of carbonyl (C=O) groups excluding carboxylic acids is 1. The van der Waals surface area contributed by atoms with Crippen molar-refractivity contribution in [2.45, 2.75) is 23.9 Å². The Bertz CT molecular complexity index is 1570. The van der Waals surface area contributed by atoms with Crippen molar-refractivity contribution >= 4 is 45.2 Å². The fourth-order valence-corrected chi connectivity index (χ4v) is 5.15. The van der Waals surface area contributed by atoms with E-state index in [0.717, 1.165) is 21.0 Å². The van der Waals surface area contributed by atoms with Crippen LogP contribution >= 0.6 is 23.1 Å². The van der Waals surface area contributed by atoms with Gasteiger partial charge in [-0.3, -0.25) is 10.1 Å². The monoisotopic (exact) mass is 498 g/mol. The fraction of sp³-hybridized carbons (Fsp3) is 0.120. The molecule has 5 rings (SSSR count). The molecule has 8 nitrogen and oxygen atoms in total. The predicted octanol–water partition coefficient (Wildman–Crippen LogP) is 5.77. The van der Waals surface area contributed by atoms with Gasteiger partial charge in [0, 0.05) is 11.3 Å². The highest BCUT2D eigenvalue weighted by atomic mass is 32.2. The Morgan fingerprint density at radius 2 is 1.89 bits per heavy atom. The number of carbonyl (C=O) groups is 1. The zero-order chi connectivity index (χ0) is 24.4. The average Bonchev–Trinajstić information content (AvgIpc) is 3.49. The molecule has 0 fully saturated rings. The molecule has 3 heterocycles. The fourth-order valence-electron chi connectivity index (χ4n) is 3.45. The highest BCUT2D eigenvalue weighted by molar-refractivity contribution is 8.00. The topological polar surface area (TPSA) is 118 Å². The van der Waals surface area contributed by atoms with Gasteiger partial charge in [-0.2, -0.15) is 5.26 Å². The summed E-state index contributed by atoms with van der Waals surface area (Å²) in [6, 6.07) is 19.1. The summed E-state index contributed by atoms with van der Waals surface area (Å²) in [5, 5.41) is 25.0. The Morgan fingerprint density at radius 3 is 2.63 bits per heavy atom. The molecule has 2 aromatic carbocycles. The molecule has 0 aliphatic rings. The molecule has 0 saturated carbocycles. The van der Waals surface area contributed by atoms with Crippen LogP contribution in [0.25, 0.3) is 22.4 Å². The van der Waals surface area contributed by atoms with Crippen LogP contribution in [-0.2, 0) is 5.75 Å². The third kappa shape index (κ3) is 4.91. The number of aryl methyl sites for hydroxylation is 2. The van der Waals surface area contributed by atoms with Crippen LogP contribution < -0.4 is 5.32 Å². The van der Waals surface area contributed by atoms with Crippen molar-refractivity contribution in [3.63, 3.8) is 0 Å². The third-order valence-corrected chi connectivity index (χ3v) is 7.32. The van der Waals surface area contributed by atoms with Crippen LogP contribution in [0.1, 0.15) is 32.7 Å². The summed E-state index contributed by atoms with van der Waals surface area (Å²) in [4.78, 5) is 17.8. The molecule has 0 aliphatic heterocycles. The molecule has 0 aliphatic carbocycles. The van der Waals surface area contributed by atoms with E-state index in [1.165, 1.54) is 23.1 Å². The third-order valence-electron chi connectivity index (χ3n) is 5.28. The van der Waals surface area contributed by atoms with Crippen LogP contribution in [0.15, 0.2) is 63.5 Å². The van der Waals surface area contributed by atoms with Crippen LogP contribution in [0, 0.1) is 25.2 Å². The van der Waals surface area contributed by atoms with Crippen LogP contribution in [0.5, 0.6) is 0 Å². The zero-order valence-electron chi connectivity index (χ0n) is 18.8. The number of thioether (sulfide) groups is 1. The van der Waals surface area contributed by atoms with Crippen molar-refractivity contribution in [1.29, 1.82) is 5.26 Å². The maximum absolute atomic E-state index is 13.3. The van der Waals surface area contributed by atoms with E-state index in [0.29, 0.717) is 44.5 Å². The van der Waals surface area contributed by atoms with E-state index in [2.05, 4.69) is 31.7 Å². The Morgan fingerprint density at radius 1 is 1.11 bits per heavy atom. The summed E-state index contributed by atoms with van der Waals surface area (Å²) in [7, 11) is 0. The van der Waals surface area contributed by atoms with Crippen molar-refractivity contribution in [2.24, 2.45) is 0 Å². The molecular weight excluding hydrogens is 480 g/mol. The number of hydrogen-bond donors (Lipinski definition) is 1. The average molecular weight is 499 g/mol. The minimum absolute atomic E-state index is 0.307. The smallest absolute Gasteiger partial charge is 0.259 e. The first-order valence-electron chi connectivity index (χ1n) is 10.6. The van der Waals surface area contributed by atoms with Gasteiger partial charge in [-0.15, -0.1) is 10.2 Å². The molecule has 0 radical (unpaired) electrons. The number of fused-ring (bicyclic) bond motifs is 1. The first-order chi connectivity index (χ1) is 17.0. The van der Waals surface area contributed by atoms with Gasteiger partial charge < -0.3 is 4.52 Å². The molecule has 3 aromatic heterocycles. The van der Waals surface area contributed by atoms with Crippen LogP contribution in [-0.4, -0.2) is 26.2 Å². The number of rotatable bonds is 6. The number of nitriles is 1. The second-order valence-corrected chi connectivity index (χ2v) is 9.99. The Balaban J connectivity index is 1.36. The number of anilines is 1. The largest absolute Gasteiger partial charge is 0.335 e. The lowest BCUT2D eigenvalue weighted by molar-refractivity contribution is 0.102. The van der Waals surface area contributed by atoms with Gasteiger partial charge >= 0.3 is 0 Å². The Labute approximate surface area is 209 Å². The normalized spacial score (nSPS) is 10.9. The second kappa shape index (κ2) is 9.66. The molecule has 1 amide bonds. The zero-order valence-corrected chi connectivity index (χ0v) is 20.4. The number of hydrogen-bond acceptors (Lipinski definition) is 9. The number of pyridine rings is 1. The van der Waals surface area contributed by atoms with Crippen molar-refractivity contribution in [3.8, 4) is 17.3 Å². The summed E-state index contributed by atoms with van der Waals surface area (Å²) >= 11 is 2.81. The van der Waals surface area contributed by atoms with Gasteiger partial charge in [0.05, 0.1) is 34.0 Å². The van der Waals surface area contributed by atoms with E-state index in [-0.39, 0.29) is 5.91 Å². The first-order valence-corrected chi connectivity index (χ1v) is 12.4. The number of amides is 1. The van der Waals surface area contributed by atoms with E-state index < -0.39 is 0 Å². The number of aromatic nitrogens is 4. The van der Waals surface area contributed by atoms with Crippen molar-refractivity contribution < 1.29 is 9.32 Å². The second-order valence-electron chi connectivity index (χ2n) is 7.79. The predicted molar refractivity (Wildman–Crippen MR) is 135 cm³/mol. The summed E-state index contributed by atoms with van der Waals surface area (Å²) in [5.41, 5.74) is 5.62. The highest BCUT2D eigenvalue weighted by Gasteiger charge is 2.20. The van der Waals surface area contributed by atoms with E-state index in [1.54, 1.807) is 25.1 Å².